The van der Waals surface area contributed by atoms with Gasteiger partial charge in [0.1, 0.15) is 5.69 Å². The number of nitrogens with one attached hydrogen (secondary N) is 1. The van der Waals surface area contributed by atoms with Gasteiger partial charge in [0.2, 0.25) is 0 Å². The first-order valence-corrected chi connectivity index (χ1v) is 7.92. The van der Waals surface area contributed by atoms with Crippen LogP contribution in [0.4, 0.5) is 0 Å². The molecule has 0 spiro atoms. The van der Waals surface area contributed by atoms with Gasteiger partial charge in [-0.25, -0.2) is 4.98 Å². The van der Waals surface area contributed by atoms with E-state index in [-0.39, 0.29) is 24.4 Å². The van der Waals surface area contributed by atoms with Crippen LogP contribution in [-0.4, -0.2) is 17.4 Å². The Kier molecular flexibility index (Phi) is 7.00. The molecule has 1 unspecified atom stereocenters. The number of carbonyl (C=O) groups is 1. The number of rotatable bonds is 5. The SMILES string of the molecule is Cc1cccc(C(C)NC(=O)c2csc(CCN)n2)c1C.Cl. The number of carbonyl (C=O) groups excluding carboxylic acids is 1. The molecule has 1 aromatic heterocycles. The first-order valence-electron chi connectivity index (χ1n) is 7.04. The summed E-state index contributed by atoms with van der Waals surface area (Å²) >= 11 is 1.48. The number of aromatic nitrogens is 1. The minimum atomic E-state index is -0.136. The monoisotopic (exact) mass is 339 g/mol. The standard InChI is InChI=1S/C16H21N3OS.ClH/c1-10-5-4-6-13(11(10)2)12(3)18-16(20)14-9-21-15(19-14)7-8-17;/h4-6,9,12H,7-8,17H2,1-3H3,(H,18,20);1H. The van der Waals surface area contributed by atoms with Crippen LogP contribution >= 0.6 is 23.7 Å². The van der Waals surface area contributed by atoms with Crippen LogP contribution in [0.3, 0.4) is 0 Å². The average Bonchev–Trinajstić information content (AvgIpc) is 2.91. The molecule has 0 radical (unpaired) electrons. The van der Waals surface area contributed by atoms with Crippen LogP contribution < -0.4 is 11.1 Å². The zero-order chi connectivity index (χ0) is 15.4. The summed E-state index contributed by atoms with van der Waals surface area (Å²) in [6.45, 7) is 6.70. The van der Waals surface area contributed by atoms with Crippen LogP contribution in [0, 0.1) is 13.8 Å². The number of nitrogens with zero attached hydrogens (tertiary/aromatic N) is 1. The Morgan fingerprint density at radius 2 is 2.14 bits per heavy atom. The van der Waals surface area contributed by atoms with Gasteiger partial charge in [0.05, 0.1) is 11.0 Å². The summed E-state index contributed by atoms with van der Waals surface area (Å²) in [4.78, 5) is 16.6. The number of nitrogens with two attached hydrogens (primary N) is 1. The van der Waals surface area contributed by atoms with Crippen LogP contribution in [0.25, 0.3) is 0 Å². The number of benzene rings is 1. The first kappa shape index (κ1) is 18.6. The Bertz CT molecular complexity index is 642. The topological polar surface area (TPSA) is 68.0 Å². The molecule has 2 rings (SSSR count). The summed E-state index contributed by atoms with van der Waals surface area (Å²) in [5.74, 6) is -0.136. The largest absolute Gasteiger partial charge is 0.344 e. The maximum absolute atomic E-state index is 12.2. The van der Waals surface area contributed by atoms with Crippen LogP contribution in [0.1, 0.15) is 45.2 Å². The Hall–Kier alpha value is -1.43. The highest BCUT2D eigenvalue weighted by Crippen LogP contribution is 2.20. The summed E-state index contributed by atoms with van der Waals surface area (Å²) < 4.78 is 0. The lowest BCUT2D eigenvalue weighted by Crippen LogP contribution is -2.27. The van der Waals surface area contributed by atoms with Gasteiger partial charge in [-0.1, -0.05) is 18.2 Å². The molecule has 3 N–H and O–H groups in total. The van der Waals surface area contributed by atoms with Crippen molar-refractivity contribution in [3.05, 3.63) is 51.0 Å². The fourth-order valence-electron chi connectivity index (χ4n) is 2.24. The van der Waals surface area contributed by atoms with Gasteiger partial charge in [-0.15, -0.1) is 23.7 Å². The van der Waals surface area contributed by atoms with Crippen LogP contribution in [-0.2, 0) is 6.42 Å². The van der Waals surface area contributed by atoms with E-state index in [0.717, 1.165) is 10.6 Å². The summed E-state index contributed by atoms with van der Waals surface area (Å²) in [5, 5.41) is 5.70. The number of aryl methyl sites for hydroxylation is 1. The van der Waals surface area contributed by atoms with Gasteiger partial charge in [0.25, 0.3) is 5.91 Å². The Morgan fingerprint density at radius 1 is 1.41 bits per heavy atom. The fourth-order valence-corrected chi connectivity index (χ4v) is 3.04. The van der Waals surface area contributed by atoms with Crippen LogP contribution in [0.15, 0.2) is 23.6 Å². The van der Waals surface area contributed by atoms with Gasteiger partial charge in [-0.05, 0) is 44.0 Å². The van der Waals surface area contributed by atoms with E-state index >= 15 is 0 Å². The van der Waals surface area contributed by atoms with Gasteiger partial charge >= 0.3 is 0 Å². The Balaban J connectivity index is 0.00000242. The van der Waals surface area contributed by atoms with Gasteiger partial charge in [-0.3, -0.25) is 4.79 Å². The lowest BCUT2D eigenvalue weighted by Gasteiger charge is -2.17. The molecular weight excluding hydrogens is 318 g/mol. The van der Waals surface area contributed by atoms with Crippen molar-refractivity contribution in [1.82, 2.24) is 10.3 Å². The fraction of sp³-hybridized carbons (Fsp3) is 0.375. The van der Waals surface area contributed by atoms with Crippen molar-refractivity contribution in [2.45, 2.75) is 33.2 Å². The number of thiazole rings is 1. The molecule has 6 heteroatoms. The lowest BCUT2D eigenvalue weighted by molar-refractivity contribution is 0.0935. The van der Waals surface area contributed by atoms with Gasteiger partial charge < -0.3 is 11.1 Å². The maximum Gasteiger partial charge on any atom is 0.271 e. The highest BCUT2D eigenvalue weighted by molar-refractivity contribution is 7.09. The second kappa shape index (κ2) is 8.27. The molecule has 22 heavy (non-hydrogen) atoms. The number of hydrogen-bond donors (Lipinski definition) is 2. The Labute approximate surface area is 141 Å². The molecule has 4 nitrogen and oxygen atoms in total. The molecule has 0 bridgehead atoms. The highest BCUT2D eigenvalue weighted by atomic mass is 35.5. The van der Waals surface area contributed by atoms with Crippen molar-refractivity contribution in [3.8, 4) is 0 Å². The minimum Gasteiger partial charge on any atom is -0.344 e. The minimum absolute atomic E-state index is 0. The molecular formula is C16H22ClN3OS. The smallest absolute Gasteiger partial charge is 0.271 e. The molecule has 2 aromatic rings. The second-order valence-electron chi connectivity index (χ2n) is 5.15. The zero-order valence-electron chi connectivity index (χ0n) is 13.1. The number of hydrogen-bond acceptors (Lipinski definition) is 4. The molecule has 0 saturated heterocycles. The first-order chi connectivity index (χ1) is 10.0. The molecule has 1 amide bonds. The summed E-state index contributed by atoms with van der Waals surface area (Å²) in [6.07, 6.45) is 0.713. The molecule has 1 aromatic carbocycles. The van der Waals surface area contributed by atoms with E-state index < -0.39 is 0 Å². The second-order valence-corrected chi connectivity index (χ2v) is 6.09. The third kappa shape index (κ3) is 4.29. The van der Waals surface area contributed by atoms with Crippen molar-refractivity contribution >= 4 is 29.7 Å². The molecule has 0 saturated carbocycles. The third-order valence-corrected chi connectivity index (χ3v) is 4.51. The van der Waals surface area contributed by atoms with Gasteiger partial charge in [0, 0.05) is 11.8 Å². The Morgan fingerprint density at radius 3 is 2.82 bits per heavy atom. The summed E-state index contributed by atoms with van der Waals surface area (Å²) in [6, 6.07) is 6.10. The van der Waals surface area contributed by atoms with E-state index in [1.807, 2.05) is 19.1 Å². The summed E-state index contributed by atoms with van der Waals surface area (Å²) in [5.41, 5.74) is 9.56. The van der Waals surface area contributed by atoms with E-state index in [1.54, 1.807) is 5.38 Å². The molecule has 0 aliphatic carbocycles. The quantitative estimate of drug-likeness (QED) is 0.879. The van der Waals surface area contributed by atoms with Crippen molar-refractivity contribution in [2.24, 2.45) is 5.73 Å². The third-order valence-electron chi connectivity index (χ3n) is 3.60. The molecule has 0 aliphatic heterocycles. The van der Waals surface area contributed by atoms with E-state index in [2.05, 4.69) is 30.2 Å². The van der Waals surface area contributed by atoms with E-state index in [0.29, 0.717) is 18.7 Å². The van der Waals surface area contributed by atoms with Crippen molar-refractivity contribution in [1.29, 1.82) is 0 Å². The zero-order valence-corrected chi connectivity index (χ0v) is 14.7. The predicted octanol–water partition coefficient (Wildman–Crippen LogP) is 3.17. The number of halogens is 1. The molecule has 0 aliphatic rings. The van der Waals surface area contributed by atoms with Crippen molar-refractivity contribution in [2.75, 3.05) is 6.54 Å². The van der Waals surface area contributed by atoms with E-state index in [4.69, 9.17) is 5.73 Å². The maximum atomic E-state index is 12.2. The highest BCUT2D eigenvalue weighted by Gasteiger charge is 2.16. The molecule has 120 valence electrons. The predicted molar refractivity (Wildman–Crippen MR) is 93.9 cm³/mol. The van der Waals surface area contributed by atoms with Gasteiger partial charge in [0.15, 0.2) is 0 Å². The lowest BCUT2D eigenvalue weighted by atomic mass is 9.98. The van der Waals surface area contributed by atoms with Crippen LogP contribution in [0.2, 0.25) is 0 Å². The van der Waals surface area contributed by atoms with E-state index in [1.165, 1.54) is 22.5 Å². The summed E-state index contributed by atoms with van der Waals surface area (Å²) in [7, 11) is 0. The molecule has 1 heterocycles. The van der Waals surface area contributed by atoms with Crippen LogP contribution in [0.5, 0.6) is 0 Å². The number of amides is 1. The van der Waals surface area contributed by atoms with Crippen molar-refractivity contribution < 1.29 is 4.79 Å². The molecule has 0 fully saturated rings. The molecule has 1 atom stereocenters. The van der Waals surface area contributed by atoms with E-state index in [9.17, 15) is 4.79 Å². The van der Waals surface area contributed by atoms with Gasteiger partial charge in [-0.2, -0.15) is 0 Å². The normalized spacial score (nSPS) is 11.6. The van der Waals surface area contributed by atoms with Crippen molar-refractivity contribution in [3.63, 3.8) is 0 Å². The average molecular weight is 340 g/mol.